The standard InChI is InChI=1S/C10H14N2O/c11-12-8-4-5-9-7(6-8)2-1-3-10(9)13/h1-3,8,12-13H,4-6,11H2. The number of phenolic OH excluding ortho intramolecular Hbond substituents is 1. The zero-order valence-corrected chi connectivity index (χ0v) is 7.46. The predicted molar refractivity (Wildman–Crippen MR) is 51.2 cm³/mol. The molecule has 1 aromatic carbocycles. The summed E-state index contributed by atoms with van der Waals surface area (Å²) in [6.07, 6.45) is 2.83. The van der Waals surface area contributed by atoms with Crippen molar-refractivity contribution >= 4 is 0 Å². The molecule has 2 rings (SSSR count). The lowest BCUT2D eigenvalue weighted by Gasteiger charge is -2.24. The molecule has 0 aliphatic heterocycles. The van der Waals surface area contributed by atoms with Crippen molar-refractivity contribution in [2.75, 3.05) is 0 Å². The molecule has 0 saturated heterocycles. The van der Waals surface area contributed by atoms with Crippen LogP contribution in [0, 0.1) is 0 Å². The average Bonchev–Trinajstić information content (AvgIpc) is 2.18. The Morgan fingerprint density at radius 2 is 2.31 bits per heavy atom. The van der Waals surface area contributed by atoms with Crippen molar-refractivity contribution in [3.63, 3.8) is 0 Å². The smallest absolute Gasteiger partial charge is 0.119 e. The number of fused-ring (bicyclic) bond motifs is 1. The van der Waals surface area contributed by atoms with Gasteiger partial charge < -0.3 is 5.11 Å². The first-order valence-corrected chi connectivity index (χ1v) is 4.57. The highest BCUT2D eigenvalue weighted by Crippen LogP contribution is 2.28. The third kappa shape index (κ3) is 1.53. The first kappa shape index (κ1) is 8.53. The first-order chi connectivity index (χ1) is 6.31. The molecule has 0 spiro atoms. The van der Waals surface area contributed by atoms with Crippen LogP contribution in [0.25, 0.3) is 0 Å². The fourth-order valence-electron chi connectivity index (χ4n) is 1.93. The Labute approximate surface area is 77.5 Å². The second-order valence-electron chi connectivity index (χ2n) is 3.52. The van der Waals surface area contributed by atoms with Crippen molar-refractivity contribution < 1.29 is 5.11 Å². The van der Waals surface area contributed by atoms with E-state index in [1.807, 2.05) is 6.07 Å². The van der Waals surface area contributed by atoms with E-state index in [-0.39, 0.29) is 0 Å². The van der Waals surface area contributed by atoms with Gasteiger partial charge in [0.15, 0.2) is 0 Å². The minimum atomic E-state index is 0.356. The summed E-state index contributed by atoms with van der Waals surface area (Å²) in [5.74, 6) is 5.81. The van der Waals surface area contributed by atoms with E-state index in [1.54, 1.807) is 6.07 Å². The lowest BCUT2D eigenvalue weighted by molar-refractivity contribution is 0.436. The molecule has 0 saturated carbocycles. The fraction of sp³-hybridized carbons (Fsp3) is 0.400. The summed E-state index contributed by atoms with van der Waals surface area (Å²) in [7, 11) is 0. The van der Waals surface area contributed by atoms with Gasteiger partial charge in [-0.25, -0.2) is 0 Å². The molecule has 4 N–H and O–H groups in total. The molecule has 1 aliphatic rings. The van der Waals surface area contributed by atoms with Crippen LogP contribution in [0.3, 0.4) is 0 Å². The quantitative estimate of drug-likeness (QED) is 0.438. The molecular formula is C10H14N2O. The van der Waals surface area contributed by atoms with E-state index >= 15 is 0 Å². The van der Waals surface area contributed by atoms with Crippen molar-refractivity contribution in [3.8, 4) is 5.75 Å². The van der Waals surface area contributed by atoms with Crippen molar-refractivity contribution in [1.29, 1.82) is 0 Å². The number of rotatable bonds is 1. The van der Waals surface area contributed by atoms with E-state index in [9.17, 15) is 5.11 Å². The largest absolute Gasteiger partial charge is 0.508 e. The molecular weight excluding hydrogens is 164 g/mol. The van der Waals surface area contributed by atoms with Gasteiger partial charge in [-0.15, -0.1) is 0 Å². The molecule has 0 heterocycles. The molecule has 0 aromatic heterocycles. The van der Waals surface area contributed by atoms with Crippen LogP contribution in [-0.2, 0) is 12.8 Å². The zero-order valence-electron chi connectivity index (χ0n) is 7.46. The van der Waals surface area contributed by atoms with Crippen molar-refractivity contribution in [2.24, 2.45) is 5.84 Å². The number of hydrogen-bond donors (Lipinski definition) is 3. The number of nitrogens with one attached hydrogen (secondary N) is 1. The van der Waals surface area contributed by atoms with Gasteiger partial charge in [-0.2, -0.15) is 0 Å². The van der Waals surface area contributed by atoms with E-state index in [2.05, 4.69) is 11.5 Å². The average molecular weight is 178 g/mol. The number of phenols is 1. The van der Waals surface area contributed by atoms with Crippen molar-refractivity contribution in [2.45, 2.75) is 25.3 Å². The molecule has 1 atom stereocenters. The number of hydrazine groups is 1. The maximum Gasteiger partial charge on any atom is 0.119 e. The van der Waals surface area contributed by atoms with Gasteiger partial charge in [0.05, 0.1) is 0 Å². The summed E-state index contributed by atoms with van der Waals surface area (Å²) in [5, 5.41) is 9.56. The molecule has 0 radical (unpaired) electrons. The topological polar surface area (TPSA) is 58.3 Å². The molecule has 0 amide bonds. The highest BCUT2D eigenvalue weighted by Gasteiger charge is 2.19. The van der Waals surface area contributed by atoms with Crippen LogP contribution in [0.2, 0.25) is 0 Å². The summed E-state index contributed by atoms with van der Waals surface area (Å²) in [6.45, 7) is 0. The summed E-state index contributed by atoms with van der Waals surface area (Å²) < 4.78 is 0. The monoisotopic (exact) mass is 178 g/mol. The molecule has 3 heteroatoms. The zero-order chi connectivity index (χ0) is 9.26. The Bertz CT molecular complexity index is 312. The minimum Gasteiger partial charge on any atom is -0.508 e. The van der Waals surface area contributed by atoms with Gasteiger partial charge in [0.1, 0.15) is 5.75 Å². The molecule has 13 heavy (non-hydrogen) atoms. The molecule has 0 fully saturated rings. The summed E-state index contributed by atoms with van der Waals surface area (Å²) in [6, 6.07) is 6.04. The molecule has 3 nitrogen and oxygen atoms in total. The van der Waals surface area contributed by atoms with E-state index in [1.165, 1.54) is 5.56 Å². The van der Waals surface area contributed by atoms with Crippen molar-refractivity contribution in [3.05, 3.63) is 29.3 Å². The second-order valence-corrected chi connectivity index (χ2v) is 3.52. The van der Waals surface area contributed by atoms with Crippen LogP contribution >= 0.6 is 0 Å². The van der Waals surface area contributed by atoms with Gasteiger partial charge in [-0.05, 0) is 36.5 Å². The lowest BCUT2D eigenvalue weighted by Crippen LogP contribution is -2.39. The van der Waals surface area contributed by atoms with Crippen LogP contribution in [0.15, 0.2) is 18.2 Å². The van der Waals surface area contributed by atoms with Crippen LogP contribution in [0.5, 0.6) is 5.75 Å². The minimum absolute atomic E-state index is 0.356. The Hall–Kier alpha value is -1.06. The first-order valence-electron chi connectivity index (χ1n) is 4.57. The second kappa shape index (κ2) is 3.36. The number of hydrogen-bond acceptors (Lipinski definition) is 3. The third-order valence-electron chi connectivity index (χ3n) is 2.69. The third-order valence-corrected chi connectivity index (χ3v) is 2.69. The number of benzene rings is 1. The van der Waals surface area contributed by atoms with Gasteiger partial charge in [-0.3, -0.25) is 11.3 Å². The highest BCUT2D eigenvalue weighted by atomic mass is 16.3. The van der Waals surface area contributed by atoms with Crippen LogP contribution in [0.4, 0.5) is 0 Å². The lowest BCUT2D eigenvalue weighted by atomic mass is 9.88. The summed E-state index contributed by atoms with van der Waals surface area (Å²) in [5.41, 5.74) is 5.09. The van der Waals surface area contributed by atoms with E-state index in [0.717, 1.165) is 24.8 Å². The van der Waals surface area contributed by atoms with Crippen molar-refractivity contribution in [1.82, 2.24) is 5.43 Å². The molecule has 1 aliphatic carbocycles. The molecule has 1 aromatic rings. The normalized spacial score (nSPS) is 21.2. The Morgan fingerprint density at radius 1 is 1.46 bits per heavy atom. The van der Waals surface area contributed by atoms with Gasteiger partial charge in [0.25, 0.3) is 0 Å². The predicted octanol–water partition coefficient (Wildman–Crippen LogP) is 0.713. The Balaban J connectivity index is 2.31. The number of aromatic hydroxyl groups is 1. The Kier molecular flexibility index (Phi) is 2.20. The summed E-state index contributed by atoms with van der Waals surface area (Å²) >= 11 is 0. The van der Waals surface area contributed by atoms with Crippen LogP contribution in [0.1, 0.15) is 17.5 Å². The van der Waals surface area contributed by atoms with E-state index < -0.39 is 0 Å². The molecule has 0 bridgehead atoms. The highest BCUT2D eigenvalue weighted by molar-refractivity contribution is 5.41. The summed E-state index contributed by atoms with van der Waals surface area (Å²) in [4.78, 5) is 0. The van der Waals surface area contributed by atoms with E-state index in [4.69, 9.17) is 5.84 Å². The Morgan fingerprint density at radius 3 is 3.08 bits per heavy atom. The fourth-order valence-corrected chi connectivity index (χ4v) is 1.93. The van der Waals surface area contributed by atoms with Crippen LogP contribution < -0.4 is 11.3 Å². The molecule has 70 valence electrons. The van der Waals surface area contributed by atoms with Gasteiger partial charge in [0.2, 0.25) is 0 Å². The van der Waals surface area contributed by atoms with E-state index in [0.29, 0.717) is 11.8 Å². The maximum atomic E-state index is 9.56. The van der Waals surface area contributed by atoms with Gasteiger partial charge >= 0.3 is 0 Å². The number of nitrogens with two attached hydrogens (primary N) is 1. The van der Waals surface area contributed by atoms with Gasteiger partial charge in [0, 0.05) is 6.04 Å². The molecule has 1 unspecified atom stereocenters. The maximum absolute atomic E-state index is 9.56. The van der Waals surface area contributed by atoms with Gasteiger partial charge in [-0.1, -0.05) is 12.1 Å². The SMILES string of the molecule is NNC1CCc2c(O)cccc2C1. The van der Waals surface area contributed by atoms with Crippen LogP contribution in [-0.4, -0.2) is 11.1 Å².